The van der Waals surface area contributed by atoms with Gasteiger partial charge in [0.05, 0.1) is 6.61 Å². The summed E-state index contributed by atoms with van der Waals surface area (Å²) in [5.74, 6) is 0.553. The van der Waals surface area contributed by atoms with E-state index in [-0.39, 0.29) is 6.10 Å². The van der Waals surface area contributed by atoms with Gasteiger partial charge in [0.15, 0.2) is 0 Å². The smallest absolute Gasteiger partial charge is 0.146 e. The Morgan fingerprint density at radius 1 is 1.53 bits per heavy atom. The molecule has 2 unspecified atom stereocenters. The molecular weight excluding hydrogens is 238 g/mol. The first-order chi connectivity index (χ1) is 8.31. The zero-order valence-corrected chi connectivity index (χ0v) is 11.1. The first-order valence-corrected chi connectivity index (χ1v) is 6.76. The van der Waals surface area contributed by atoms with Crippen molar-refractivity contribution in [3.8, 4) is 0 Å². The zero-order valence-electron chi connectivity index (χ0n) is 10.3. The molecule has 2 atom stereocenters. The molecule has 0 saturated carbocycles. The van der Waals surface area contributed by atoms with Gasteiger partial charge in [-0.1, -0.05) is 18.3 Å². The molecule has 17 heavy (non-hydrogen) atoms. The van der Waals surface area contributed by atoms with Crippen LogP contribution in [-0.2, 0) is 16.0 Å². The molecule has 0 amide bonds. The highest BCUT2D eigenvalue weighted by atomic mass is 32.1. The Kier molecular flexibility index (Phi) is 4.85. The molecule has 2 heterocycles. The minimum absolute atomic E-state index is 0.153. The Hall–Kier alpha value is -0.560. The van der Waals surface area contributed by atoms with E-state index in [9.17, 15) is 0 Å². The van der Waals surface area contributed by atoms with Gasteiger partial charge in [-0.15, -0.1) is 10.2 Å². The summed E-state index contributed by atoms with van der Waals surface area (Å²) in [7, 11) is 1.70. The molecule has 0 spiro atoms. The summed E-state index contributed by atoms with van der Waals surface area (Å²) in [4.78, 5) is 0. The number of methoxy groups -OCH3 is 1. The van der Waals surface area contributed by atoms with E-state index >= 15 is 0 Å². The molecule has 1 aliphatic rings. The number of rotatable bonds is 6. The predicted octanol–water partition coefficient (Wildman–Crippen LogP) is 1.37. The quantitative estimate of drug-likeness (QED) is 0.780. The highest BCUT2D eigenvalue weighted by Crippen LogP contribution is 2.35. The fourth-order valence-corrected chi connectivity index (χ4v) is 2.83. The van der Waals surface area contributed by atoms with Crippen LogP contribution >= 0.6 is 11.3 Å². The normalized spacial score (nSPS) is 24.4. The van der Waals surface area contributed by atoms with Crippen LogP contribution in [-0.4, -0.2) is 37.1 Å². The molecule has 0 radical (unpaired) electrons. The third-order valence-corrected chi connectivity index (χ3v) is 3.86. The Morgan fingerprint density at radius 3 is 3.12 bits per heavy atom. The summed E-state index contributed by atoms with van der Waals surface area (Å²) in [6, 6.07) is 0. The maximum absolute atomic E-state index is 5.68. The largest absolute Gasteiger partial charge is 0.383 e. The lowest BCUT2D eigenvalue weighted by Gasteiger charge is -2.09. The standard InChI is InChI=1S/C11H19N3O2S/c1-8-3-5-16-10(8)11-14-13-9(17-11)7-12-4-6-15-2/h8,10,12H,3-7H2,1-2H3. The van der Waals surface area contributed by atoms with Gasteiger partial charge in [-0.05, 0) is 12.3 Å². The Balaban J connectivity index is 1.83. The van der Waals surface area contributed by atoms with Crippen molar-refractivity contribution in [3.63, 3.8) is 0 Å². The number of nitrogens with one attached hydrogen (secondary N) is 1. The fourth-order valence-electron chi connectivity index (χ4n) is 1.83. The highest BCUT2D eigenvalue weighted by molar-refractivity contribution is 7.11. The molecule has 1 aromatic rings. The summed E-state index contributed by atoms with van der Waals surface area (Å²) in [6.07, 6.45) is 1.27. The number of hydrogen-bond donors (Lipinski definition) is 1. The van der Waals surface area contributed by atoms with Crippen LogP contribution in [0, 0.1) is 5.92 Å². The van der Waals surface area contributed by atoms with Crippen molar-refractivity contribution in [2.45, 2.75) is 26.0 Å². The average molecular weight is 257 g/mol. The molecule has 1 aromatic heterocycles. The van der Waals surface area contributed by atoms with Gasteiger partial charge in [-0.2, -0.15) is 0 Å². The van der Waals surface area contributed by atoms with Crippen LogP contribution in [0.4, 0.5) is 0 Å². The summed E-state index contributed by atoms with van der Waals surface area (Å²) < 4.78 is 10.6. The van der Waals surface area contributed by atoms with Crippen LogP contribution in [0.25, 0.3) is 0 Å². The van der Waals surface area contributed by atoms with E-state index in [0.29, 0.717) is 12.5 Å². The van der Waals surface area contributed by atoms with E-state index in [1.54, 1.807) is 18.4 Å². The molecule has 1 fully saturated rings. The number of ether oxygens (including phenoxy) is 2. The van der Waals surface area contributed by atoms with Gasteiger partial charge in [0.2, 0.25) is 0 Å². The lowest BCUT2D eigenvalue weighted by Crippen LogP contribution is -2.18. The van der Waals surface area contributed by atoms with Crippen molar-refractivity contribution in [1.82, 2.24) is 15.5 Å². The number of hydrogen-bond acceptors (Lipinski definition) is 6. The van der Waals surface area contributed by atoms with Crippen LogP contribution < -0.4 is 5.32 Å². The monoisotopic (exact) mass is 257 g/mol. The lowest BCUT2D eigenvalue weighted by molar-refractivity contribution is 0.0937. The van der Waals surface area contributed by atoms with Crippen molar-refractivity contribution < 1.29 is 9.47 Å². The molecule has 2 rings (SSSR count). The fraction of sp³-hybridized carbons (Fsp3) is 0.818. The van der Waals surface area contributed by atoms with E-state index < -0.39 is 0 Å². The van der Waals surface area contributed by atoms with Gasteiger partial charge in [-0.3, -0.25) is 0 Å². The molecule has 1 N–H and O–H groups in total. The van der Waals surface area contributed by atoms with Crippen LogP contribution in [0.5, 0.6) is 0 Å². The summed E-state index contributed by atoms with van der Waals surface area (Å²) >= 11 is 1.64. The van der Waals surface area contributed by atoms with Crippen LogP contribution in [0.1, 0.15) is 29.5 Å². The molecule has 6 heteroatoms. The first kappa shape index (κ1) is 12.9. The molecule has 0 aliphatic carbocycles. The minimum Gasteiger partial charge on any atom is -0.383 e. The third kappa shape index (κ3) is 3.45. The van der Waals surface area contributed by atoms with Gasteiger partial charge in [0.25, 0.3) is 0 Å². The van der Waals surface area contributed by atoms with Crippen LogP contribution in [0.15, 0.2) is 0 Å². The number of nitrogens with zero attached hydrogens (tertiary/aromatic N) is 2. The number of aromatic nitrogens is 2. The van der Waals surface area contributed by atoms with Crippen LogP contribution in [0.3, 0.4) is 0 Å². The third-order valence-electron chi connectivity index (χ3n) is 2.87. The van der Waals surface area contributed by atoms with Gasteiger partial charge < -0.3 is 14.8 Å². The average Bonchev–Trinajstić information content (AvgIpc) is 2.93. The maximum atomic E-state index is 5.68. The van der Waals surface area contributed by atoms with Crippen molar-refractivity contribution in [3.05, 3.63) is 10.0 Å². The van der Waals surface area contributed by atoms with Gasteiger partial charge >= 0.3 is 0 Å². The maximum Gasteiger partial charge on any atom is 0.146 e. The van der Waals surface area contributed by atoms with Crippen molar-refractivity contribution >= 4 is 11.3 Å². The molecular formula is C11H19N3O2S. The van der Waals surface area contributed by atoms with Gasteiger partial charge in [-0.25, -0.2) is 0 Å². The summed E-state index contributed by atoms with van der Waals surface area (Å²) in [5, 5.41) is 13.7. The second-order valence-corrected chi connectivity index (χ2v) is 5.35. The molecule has 0 aromatic carbocycles. The Bertz CT molecular complexity index is 345. The van der Waals surface area contributed by atoms with Gasteiger partial charge in [0, 0.05) is 26.8 Å². The van der Waals surface area contributed by atoms with Crippen LogP contribution in [0.2, 0.25) is 0 Å². The van der Waals surface area contributed by atoms with Crippen molar-refractivity contribution in [2.24, 2.45) is 5.92 Å². The summed E-state index contributed by atoms with van der Waals surface area (Å²) in [5.41, 5.74) is 0. The molecule has 5 nitrogen and oxygen atoms in total. The van der Waals surface area contributed by atoms with E-state index in [0.717, 1.165) is 36.1 Å². The van der Waals surface area contributed by atoms with Crippen molar-refractivity contribution in [2.75, 3.05) is 26.9 Å². The minimum atomic E-state index is 0.153. The predicted molar refractivity (Wildman–Crippen MR) is 66.0 cm³/mol. The second kappa shape index (κ2) is 6.39. The van der Waals surface area contributed by atoms with E-state index in [1.165, 1.54) is 0 Å². The topological polar surface area (TPSA) is 56.3 Å². The van der Waals surface area contributed by atoms with Crippen molar-refractivity contribution in [1.29, 1.82) is 0 Å². The molecule has 1 saturated heterocycles. The van der Waals surface area contributed by atoms with Gasteiger partial charge in [0.1, 0.15) is 16.1 Å². The molecule has 1 aliphatic heterocycles. The van der Waals surface area contributed by atoms with E-state index in [1.807, 2.05) is 0 Å². The zero-order chi connectivity index (χ0) is 12.1. The first-order valence-electron chi connectivity index (χ1n) is 5.95. The lowest BCUT2D eigenvalue weighted by atomic mass is 10.1. The highest BCUT2D eigenvalue weighted by Gasteiger charge is 2.28. The molecule has 0 bridgehead atoms. The Labute approximate surface area is 106 Å². The molecule has 96 valence electrons. The van der Waals surface area contributed by atoms with E-state index in [4.69, 9.17) is 9.47 Å². The summed E-state index contributed by atoms with van der Waals surface area (Å²) in [6.45, 7) is 5.35. The SMILES string of the molecule is COCCNCc1nnc(C2OCCC2C)s1. The Morgan fingerprint density at radius 2 is 2.41 bits per heavy atom. The second-order valence-electron chi connectivity index (χ2n) is 4.26. The van der Waals surface area contributed by atoms with E-state index in [2.05, 4.69) is 22.4 Å².